The van der Waals surface area contributed by atoms with E-state index in [9.17, 15) is 19.7 Å². The lowest BCUT2D eigenvalue weighted by Gasteiger charge is -2.16. The average Bonchev–Trinajstić information content (AvgIpc) is 2.71. The Balaban J connectivity index is 2.28. The lowest BCUT2D eigenvalue weighted by Crippen LogP contribution is -2.28. The molecule has 0 aromatic heterocycles. The molecule has 1 heterocycles. The Morgan fingerprint density at radius 2 is 2.21 bits per heavy atom. The highest BCUT2D eigenvalue weighted by molar-refractivity contribution is 6.00. The van der Waals surface area contributed by atoms with Crippen molar-refractivity contribution in [3.05, 3.63) is 33.9 Å². The van der Waals surface area contributed by atoms with Crippen molar-refractivity contribution in [1.29, 1.82) is 0 Å². The van der Waals surface area contributed by atoms with Crippen molar-refractivity contribution in [2.75, 3.05) is 11.4 Å². The first-order chi connectivity index (χ1) is 8.90. The summed E-state index contributed by atoms with van der Waals surface area (Å²) >= 11 is 0. The molecule has 1 aliphatic heterocycles. The lowest BCUT2D eigenvalue weighted by atomic mass is 10.1. The smallest absolute Gasteiger partial charge is 0.272 e. The van der Waals surface area contributed by atoms with Crippen LogP contribution < -0.4 is 10.6 Å². The van der Waals surface area contributed by atoms with Crippen LogP contribution in [0.2, 0.25) is 0 Å². The van der Waals surface area contributed by atoms with Gasteiger partial charge in [-0.1, -0.05) is 0 Å². The Hall–Kier alpha value is -2.44. The number of nitrogens with zero attached hydrogens (tertiary/aromatic N) is 2. The molecule has 7 nitrogen and oxygen atoms in total. The fourth-order valence-corrected chi connectivity index (χ4v) is 2.16. The molecule has 1 atom stereocenters. The Labute approximate surface area is 109 Å². The SMILES string of the molecule is Cc1cc(N2CC(C(N)=O)CC2=O)ccc1[N+](=O)[O-]. The zero-order valence-corrected chi connectivity index (χ0v) is 10.3. The van der Waals surface area contributed by atoms with Gasteiger partial charge < -0.3 is 10.6 Å². The van der Waals surface area contributed by atoms with Gasteiger partial charge in [0.15, 0.2) is 0 Å². The fraction of sp³-hybridized carbons (Fsp3) is 0.333. The van der Waals surface area contributed by atoms with E-state index >= 15 is 0 Å². The summed E-state index contributed by atoms with van der Waals surface area (Å²) < 4.78 is 0. The van der Waals surface area contributed by atoms with Gasteiger partial charge in [0.25, 0.3) is 5.69 Å². The zero-order valence-electron chi connectivity index (χ0n) is 10.3. The number of anilines is 1. The Kier molecular flexibility index (Phi) is 3.20. The summed E-state index contributed by atoms with van der Waals surface area (Å²) in [6.07, 6.45) is 0.0887. The molecule has 100 valence electrons. The number of rotatable bonds is 3. The van der Waals surface area contributed by atoms with Crippen LogP contribution in [0.3, 0.4) is 0 Å². The number of aryl methyl sites for hydroxylation is 1. The van der Waals surface area contributed by atoms with Crippen LogP contribution in [0.15, 0.2) is 18.2 Å². The molecule has 19 heavy (non-hydrogen) atoms. The number of nitrogens with two attached hydrogens (primary N) is 1. The van der Waals surface area contributed by atoms with Crippen molar-refractivity contribution in [1.82, 2.24) is 0 Å². The molecule has 7 heteroatoms. The van der Waals surface area contributed by atoms with Crippen LogP contribution in [0.4, 0.5) is 11.4 Å². The molecule has 0 aliphatic carbocycles. The number of benzene rings is 1. The number of amides is 2. The molecule has 2 amide bonds. The van der Waals surface area contributed by atoms with Gasteiger partial charge in [-0.3, -0.25) is 19.7 Å². The number of carbonyl (C=O) groups excluding carboxylic acids is 2. The molecule has 1 aromatic carbocycles. The van der Waals surface area contributed by atoms with Gasteiger partial charge in [-0.05, 0) is 19.1 Å². The summed E-state index contributed by atoms with van der Waals surface area (Å²) in [5.41, 5.74) is 6.21. The van der Waals surface area contributed by atoms with E-state index in [0.717, 1.165) is 0 Å². The number of nitro benzene ring substituents is 1. The molecule has 1 unspecified atom stereocenters. The van der Waals surface area contributed by atoms with E-state index in [-0.39, 0.29) is 24.6 Å². The molecule has 1 aromatic rings. The molecular weight excluding hydrogens is 250 g/mol. The highest BCUT2D eigenvalue weighted by atomic mass is 16.6. The summed E-state index contributed by atoms with van der Waals surface area (Å²) in [5, 5.41) is 10.7. The minimum absolute atomic E-state index is 0.00171. The second-order valence-corrected chi connectivity index (χ2v) is 4.54. The molecule has 0 saturated carbocycles. The van der Waals surface area contributed by atoms with Crippen LogP contribution in [0.5, 0.6) is 0 Å². The molecule has 1 saturated heterocycles. The maximum Gasteiger partial charge on any atom is 0.272 e. The molecule has 0 bridgehead atoms. The Morgan fingerprint density at radius 1 is 1.53 bits per heavy atom. The Morgan fingerprint density at radius 3 is 2.68 bits per heavy atom. The lowest BCUT2D eigenvalue weighted by molar-refractivity contribution is -0.385. The van der Waals surface area contributed by atoms with Gasteiger partial charge in [0.1, 0.15) is 0 Å². The predicted molar refractivity (Wildman–Crippen MR) is 67.5 cm³/mol. The van der Waals surface area contributed by atoms with Crippen molar-refractivity contribution in [2.24, 2.45) is 11.7 Å². The van der Waals surface area contributed by atoms with Gasteiger partial charge in [0.2, 0.25) is 11.8 Å². The van der Waals surface area contributed by atoms with E-state index in [1.54, 1.807) is 13.0 Å². The number of hydrogen-bond donors (Lipinski definition) is 1. The number of hydrogen-bond acceptors (Lipinski definition) is 4. The normalized spacial score (nSPS) is 18.7. The molecule has 2 rings (SSSR count). The van der Waals surface area contributed by atoms with E-state index in [2.05, 4.69) is 0 Å². The zero-order chi connectivity index (χ0) is 14.2. The summed E-state index contributed by atoms with van der Waals surface area (Å²) in [6.45, 7) is 1.83. The van der Waals surface area contributed by atoms with E-state index in [1.165, 1.54) is 17.0 Å². The molecule has 1 aliphatic rings. The van der Waals surface area contributed by atoms with Crippen LogP contribution >= 0.6 is 0 Å². The van der Waals surface area contributed by atoms with Crippen LogP contribution in [0.1, 0.15) is 12.0 Å². The molecule has 0 spiro atoms. The monoisotopic (exact) mass is 263 g/mol. The standard InChI is InChI=1S/C12H13N3O4/c1-7-4-9(2-3-10(7)15(18)19)14-6-8(12(13)17)5-11(14)16/h2-4,8H,5-6H2,1H3,(H2,13,17). The quantitative estimate of drug-likeness (QED) is 0.641. The first-order valence-electron chi connectivity index (χ1n) is 5.75. The van der Waals surface area contributed by atoms with E-state index in [1.807, 2.05) is 0 Å². The largest absolute Gasteiger partial charge is 0.369 e. The van der Waals surface area contributed by atoms with E-state index < -0.39 is 16.7 Å². The van der Waals surface area contributed by atoms with Crippen LogP contribution in [-0.2, 0) is 9.59 Å². The van der Waals surface area contributed by atoms with Crippen LogP contribution in [0, 0.1) is 23.0 Å². The van der Waals surface area contributed by atoms with Gasteiger partial charge in [-0.2, -0.15) is 0 Å². The van der Waals surface area contributed by atoms with Gasteiger partial charge in [-0.15, -0.1) is 0 Å². The highest BCUT2D eigenvalue weighted by Crippen LogP contribution is 2.29. The summed E-state index contributed by atoms with van der Waals surface area (Å²) in [6, 6.07) is 4.43. The van der Waals surface area contributed by atoms with Crippen LogP contribution in [0.25, 0.3) is 0 Å². The van der Waals surface area contributed by atoms with Gasteiger partial charge in [-0.25, -0.2) is 0 Å². The second kappa shape index (κ2) is 4.68. The van der Waals surface area contributed by atoms with Crippen molar-refractivity contribution < 1.29 is 14.5 Å². The molecular formula is C12H13N3O4. The third kappa shape index (κ3) is 2.40. The van der Waals surface area contributed by atoms with Crippen molar-refractivity contribution in [2.45, 2.75) is 13.3 Å². The van der Waals surface area contributed by atoms with Gasteiger partial charge in [0, 0.05) is 30.3 Å². The first kappa shape index (κ1) is 13.0. The number of nitro groups is 1. The van der Waals surface area contributed by atoms with Crippen molar-refractivity contribution in [3.63, 3.8) is 0 Å². The maximum atomic E-state index is 11.8. The van der Waals surface area contributed by atoms with E-state index in [4.69, 9.17) is 5.73 Å². The number of carbonyl (C=O) groups is 2. The van der Waals surface area contributed by atoms with Crippen molar-refractivity contribution in [3.8, 4) is 0 Å². The molecule has 0 radical (unpaired) electrons. The summed E-state index contributed by atoms with van der Waals surface area (Å²) in [7, 11) is 0. The number of primary amides is 1. The second-order valence-electron chi connectivity index (χ2n) is 4.54. The average molecular weight is 263 g/mol. The topological polar surface area (TPSA) is 107 Å². The maximum absolute atomic E-state index is 11.8. The minimum atomic E-state index is -0.505. The van der Waals surface area contributed by atoms with Gasteiger partial charge in [0.05, 0.1) is 10.8 Å². The summed E-state index contributed by atoms with van der Waals surface area (Å²) in [5.74, 6) is -1.20. The van der Waals surface area contributed by atoms with Crippen molar-refractivity contribution >= 4 is 23.2 Å². The fourth-order valence-electron chi connectivity index (χ4n) is 2.16. The third-order valence-corrected chi connectivity index (χ3v) is 3.22. The molecule has 1 fully saturated rings. The highest BCUT2D eigenvalue weighted by Gasteiger charge is 2.34. The predicted octanol–water partition coefficient (Wildman–Crippen LogP) is 0.741. The Bertz CT molecular complexity index is 570. The van der Waals surface area contributed by atoms with Crippen LogP contribution in [-0.4, -0.2) is 23.3 Å². The van der Waals surface area contributed by atoms with Gasteiger partial charge >= 0.3 is 0 Å². The minimum Gasteiger partial charge on any atom is -0.369 e. The third-order valence-electron chi connectivity index (χ3n) is 3.22. The first-order valence-corrected chi connectivity index (χ1v) is 5.75. The molecule has 2 N–H and O–H groups in total. The van der Waals surface area contributed by atoms with E-state index in [0.29, 0.717) is 11.3 Å². The summed E-state index contributed by atoms with van der Waals surface area (Å²) in [4.78, 5) is 34.6.